The van der Waals surface area contributed by atoms with Crippen LogP contribution in [-0.2, 0) is 11.3 Å². The molecular weight excluding hydrogens is 194 g/mol. The molecule has 1 heterocycles. The van der Waals surface area contributed by atoms with E-state index in [1.165, 1.54) is 0 Å². The van der Waals surface area contributed by atoms with Gasteiger partial charge in [0.2, 0.25) is 5.91 Å². The number of nitrogens with one attached hydrogen (secondary N) is 1. The average molecular weight is 209 g/mol. The first-order valence-electron chi connectivity index (χ1n) is 5.12. The van der Waals surface area contributed by atoms with E-state index in [0.717, 1.165) is 19.3 Å². The number of aromatic nitrogens is 3. The first-order chi connectivity index (χ1) is 7.21. The van der Waals surface area contributed by atoms with E-state index in [1.54, 1.807) is 17.1 Å². The molecule has 0 aromatic carbocycles. The molecule has 1 aromatic rings. The molecule has 1 aromatic heterocycles. The van der Waals surface area contributed by atoms with E-state index in [1.807, 2.05) is 0 Å². The fourth-order valence-corrected chi connectivity index (χ4v) is 1.60. The molecule has 0 unspecified atom stereocenters. The molecule has 0 bridgehead atoms. The summed E-state index contributed by atoms with van der Waals surface area (Å²) in [5.41, 5.74) is 5.25. The molecule has 0 radical (unpaired) electrons. The van der Waals surface area contributed by atoms with Crippen LogP contribution in [0.15, 0.2) is 12.4 Å². The maximum atomic E-state index is 11.6. The van der Waals surface area contributed by atoms with Gasteiger partial charge >= 0.3 is 0 Å². The summed E-state index contributed by atoms with van der Waals surface area (Å²) < 4.78 is 1.67. The van der Waals surface area contributed by atoms with Crippen LogP contribution in [-0.4, -0.2) is 33.0 Å². The zero-order chi connectivity index (χ0) is 10.7. The third-order valence-corrected chi connectivity index (χ3v) is 2.80. The van der Waals surface area contributed by atoms with E-state index in [4.69, 9.17) is 5.73 Å². The first kappa shape index (κ1) is 10.1. The molecule has 15 heavy (non-hydrogen) atoms. The van der Waals surface area contributed by atoms with Gasteiger partial charge in [0.05, 0.1) is 18.3 Å². The molecule has 1 aliphatic carbocycles. The van der Waals surface area contributed by atoms with Gasteiger partial charge in [-0.25, -0.2) is 0 Å². The van der Waals surface area contributed by atoms with Gasteiger partial charge in [-0.1, -0.05) is 5.21 Å². The van der Waals surface area contributed by atoms with Gasteiger partial charge in [-0.3, -0.25) is 9.48 Å². The lowest BCUT2D eigenvalue weighted by Crippen LogP contribution is -2.58. The van der Waals surface area contributed by atoms with Gasteiger partial charge in [-0.2, -0.15) is 0 Å². The Labute approximate surface area is 87.8 Å². The normalized spacial score (nSPS) is 18.2. The van der Waals surface area contributed by atoms with Gasteiger partial charge in [-0.15, -0.1) is 5.10 Å². The number of carbonyl (C=O) groups excluding carboxylic acids is 1. The lowest BCUT2D eigenvalue weighted by molar-refractivity contribution is -0.129. The molecule has 6 nitrogen and oxygen atoms in total. The minimum absolute atomic E-state index is 0.0473. The van der Waals surface area contributed by atoms with Crippen LogP contribution in [0.3, 0.4) is 0 Å². The van der Waals surface area contributed by atoms with Crippen LogP contribution in [0.5, 0.6) is 0 Å². The number of hydrogen-bond acceptors (Lipinski definition) is 4. The zero-order valence-electron chi connectivity index (χ0n) is 8.52. The molecule has 1 fully saturated rings. The second-order valence-electron chi connectivity index (χ2n) is 3.93. The maximum absolute atomic E-state index is 11.6. The van der Waals surface area contributed by atoms with Crippen molar-refractivity contribution in [2.24, 2.45) is 5.73 Å². The molecule has 3 N–H and O–H groups in total. The van der Waals surface area contributed by atoms with Crippen LogP contribution >= 0.6 is 0 Å². The van der Waals surface area contributed by atoms with Crippen molar-refractivity contribution < 1.29 is 4.79 Å². The first-order valence-corrected chi connectivity index (χ1v) is 5.12. The topological polar surface area (TPSA) is 85.8 Å². The number of rotatable bonds is 4. The molecule has 0 aliphatic heterocycles. The Balaban J connectivity index is 1.72. The van der Waals surface area contributed by atoms with Crippen molar-refractivity contribution in [1.82, 2.24) is 20.3 Å². The minimum Gasteiger partial charge on any atom is -0.353 e. The molecule has 1 saturated carbocycles. The van der Waals surface area contributed by atoms with E-state index >= 15 is 0 Å². The Hall–Kier alpha value is -1.43. The Bertz CT molecular complexity index is 330. The SMILES string of the molecule is NC1(C(=O)NCCn2ccnn2)CCC1. The summed E-state index contributed by atoms with van der Waals surface area (Å²) in [5, 5.41) is 10.3. The molecule has 1 aliphatic rings. The Morgan fingerprint density at radius 3 is 2.93 bits per heavy atom. The van der Waals surface area contributed by atoms with Gasteiger partial charge in [-0.05, 0) is 19.3 Å². The third-order valence-electron chi connectivity index (χ3n) is 2.80. The summed E-state index contributed by atoms with van der Waals surface area (Å²) in [6, 6.07) is 0. The molecule has 2 rings (SSSR count). The Morgan fingerprint density at radius 1 is 1.60 bits per heavy atom. The van der Waals surface area contributed by atoms with Gasteiger partial charge < -0.3 is 11.1 Å². The molecule has 82 valence electrons. The number of carbonyl (C=O) groups is 1. The number of amides is 1. The summed E-state index contributed by atoms with van der Waals surface area (Å²) in [5.74, 6) is -0.0473. The van der Waals surface area contributed by atoms with Crippen molar-refractivity contribution in [2.75, 3.05) is 6.54 Å². The number of nitrogens with zero attached hydrogens (tertiary/aromatic N) is 3. The highest BCUT2D eigenvalue weighted by molar-refractivity contribution is 5.86. The predicted octanol–water partition coefficient (Wildman–Crippen LogP) is -0.724. The maximum Gasteiger partial charge on any atom is 0.240 e. The summed E-state index contributed by atoms with van der Waals surface area (Å²) in [4.78, 5) is 11.6. The fourth-order valence-electron chi connectivity index (χ4n) is 1.60. The fraction of sp³-hybridized carbons (Fsp3) is 0.667. The van der Waals surface area contributed by atoms with Crippen LogP contribution < -0.4 is 11.1 Å². The molecule has 6 heteroatoms. The molecule has 0 spiro atoms. The van der Waals surface area contributed by atoms with Gasteiger partial charge in [0.25, 0.3) is 0 Å². The van der Waals surface area contributed by atoms with E-state index in [2.05, 4.69) is 15.6 Å². The van der Waals surface area contributed by atoms with Crippen molar-refractivity contribution in [3.63, 3.8) is 0 Å². The van der Waals surface area contributed by atoms with Gasteiger partial charge in [0, 0.05) is 12.7 Å². The zero-order valence-corrected chi connectivity index (χ0v) is 8.52. The molecule has 1 amide bonds. The Kier molecular flexibility index (Phi) is 2.68. The van der Waals surface area contributed by atoms with Crippen LogP contribution in [0.4, 0.5) is 0 Å². The van der Waals surface area contributed by atoms with E-state index in [9.17, 15) is 4.79 Å². The van der Waals surface area contributed by atoms with Crippen molar-refractivity contribution in [2.45, 2.75) is 31.3 Å². The highest BCUT2D eigenvalue weighted by atomic mass is 16.2. The summed E-state index contributed by atoms with van der Waals surface area (Å²) in [6.45, 7) is 1.17. The summed E-state index contributed by atoms with van der Waals surface area (Å²) >= 11 is 0. The highest BCUT2D eigenvalue weighted by Gasteiger charge is 2.39. The molecular formula is C9H15N5O. The average Bonchev–Trinajstić information content (AvgIpc) is 2.66. The summed E-state index contributed by atoms with van der Waals surface area (Å²) in [7, 11) is 0. The standard InChI is InChI=1S/C9H15N5O/c10-9(2-1-3-9)8(15)11-4-6-14-7-5-12-13-14/h5,7H,1-4,6,10H2,(H,11,15). The largest absolute Gasteiger partial charge is 0.353 e. The lowest BCUT2D eigenvalue weighted by atomic mass is 9.77. The highest BCUT2D eigenvalue weighted by Crippen LogP contribution is 2.28. The van der Waals surface area contributed by atoms with E-state index in [-0.39, 0.29) is 5.91 Å². The van der Waals surface area contributed by atoms with E-state index in [0.29, 0.717) is 13.1 Å². The minimum atomic E-state index is -0.609. The molecule has 0 atom stereocenters. The van der Waals surface area contributed by atoms with Gasteiger partial charge in [0.1, 0.15) is 0 Å². The third kappa shape index (κ3) is 2.15. The van der Waals surface area contributed by atoms with Crippen LogP contribution in [0, 0.1) is 0 Å². The second-order valence-corrected chi connectivity index (χ2v) is 3.93. The number of nitrogens with two attached hydrogens (primary N) is 1. The lowest BCUT2D eigenvalue weighted by Gasteiger charge is -2.36. The van der Waals surface area contributed by atoms with Crippen LogP contribution in [0.1, 0.15) is 19.3 Å². The van der Waals surface area contributed by atoms with E-state index < -0.39 is 5.54 Å². The van der Waals surface area contributed by atoms with Gasteiger partial charge in [0.15, 0.2) is 0 Å². The van der Waals surface area contributed by atoms with Crippen LogP contribution in [0.25, 0.3) is 0 Å². The number of hydrogen-bond donors (Lipinski definition) is 2. The summed E-state index contributed by atoms with van der Waals surface area (Å²) in [6.07, 6.45) is 6.00. The quantitative estimate of drug-likeness (QED) is 0.685. The van der Waals surface area contributed by atoms with Crippen molar-refractivity contribution in [3.05, 3.63) is 12.4 Å². The second kappa shape index (κ2) is 3.98. The van der Waals surface area contributed by atoms with Crippen LogP contribution in [0.2, 0.25) is 0 Å². The van der Waals surface area contributed by atoms with Crippen molar-refractivity contribution in [3.8, 4) is 0 Å². The molecule has 0 saturated heterocycles. The monoisotopic (exact) mass is 209 g/mol. The van der Waals surface area contributed by atoms with Crippen molar-refractivity contribution >= 4 is 5.91 Å². The predicted molar refractivity (Wildman–Crippen MR) is 53.8 cm³/mol. The smallest absolute Gasteiger partial charge is 0.240 e. The van der Waals surface area contributed by atoms with Crippen molar-refractivity contribution in [1.29, 1.82) is 0 Å². The Morgan fingerprint density at radius 2 is 2.40 bits per heavy atom.